The normalized spacial score (nSPS) is 11.0. The van der Waals surface area contributed by atoms with E-state index in [0.29, 0.717) is 11.4 Å². The molecule has 126 valence electrons. The Labute approximate surface area is 144 Å². The summed E-state index contributed by atoms with van der Waals surface area (Å²) in [6.45, 7) is 5.30. The van der Waals surface area contributed by atoms with Gasteiger partial charge in [0.25, 0.3) is 5.69 Å². The van der Waals surface area contributed by atoms with Gasteiger partial charge in [0, 0.05) is 11.8 Å². The first-order valence-corrected chi connectivity index (χ1v) is 7.58. The highest BCUT2D eigenvalue weighted by Crippen LogP contribution is 2.29. The summed E-state index contributed by atoms with van der Waals surface area (Å²) >= 11 is 6.15. The number of hydrogen-bond acceptors (Lipinski definition) is 5. The zero-order valence-electron chi connectivity index (χ0n) is 13.5. The van der Waals surface area contributed by atoms with Gasteiger partial charge < -0.3 is 10.1 Å². The molecule has 0 atom stereocenters. The molecule has 0 unspecified atom stereocenters. The smallest absolute Gasteiger partial charge is 0.340 e. The molecule has 0 spiro atoms. The number of nitrogens with zero attached hydrogens (tertiary/aromatic N) is 1. The molecule has 0 amide bonds. The third kappa shape index (κ3) is 4.45. The number of carbonyl (C=O) groups is 1. The summed E-state index contributed by atoms with van der Waals surface area (Å²) in [5.74, 6) is -0.523. The minimum absolute atomic E-state index is 0.0511. The number of anilines is 2. The molecule has 0 aliphatic heterocycles. The number of hydrogen-bond donors (Lipinski definition) is 1. The van der Waals surface area contributed by atoms with E-state index in [-0.39, 0.29) is 16.3 Å². The van der Waals surface area contributed by atoms with E-state index in [4.69, 9.17) is 16.3 Å². The van der Waals surface area contributed by atoms with Gasteiger partial charge in [-0.25, -0.2) is 4.79 Å². The second-order valence-corrected chi connectivity index (χ2v) is 6.50. The number of para-hydroxylation sites is 2. The fourth-order valence-electron chi connectivity index (χ4n) is 1.99. The Hall–Kier alpha value is -2.60. The molecule has 0 aliphatic carbocycles. The van der Waals surface area contributed by atoms with E-state index in [1.165, 1.54) is 18.2 Å². The summed E-state index contributed by atoms with van der Waals surface area (Å²) in [7, 11) is 0. The van der Waals surface area contributed by atoms with Gasteiger partial charge in [0.2, 0.25) is 0 Å². The molecule has 2 rings (SSSR count). The summed E-state index contributed by atoms with van der Waals surface area (Å²) in [6, 6.07) is 10.9. The molecule has 0 radical (unpaired) electrons. The molecule has 1 N–H and O–H groups in total. The van der Waals surface area contributed by atoms with Gasteiger partial charge in [-0.1, -0.05) is 23.7 Å². The Balaban J connectivity index is 2.25. The molecule has 7 heteroatoms. The number of rotatable bonds is 4. The number of benzene rings is 2. The third-order valence-electron chi connectivity index (χ3n) is 2.97. The Kier molecular flexibility index (Phi) is 5.09. The third-order valence-corrected chi connectivity index (χ3v) is 3.28. The number of halogens is 1. The lowest BCUT2D eigenvalue weighted by atomic mass is 10.1. The van der Waals surface area contributed by atoms with Crippen molar-refractivity contribution in [2.45, 2.75) is 26.4 Å². The average Bonchev–Trinajstić information content (AvgIpc) is 2.45. The van der Waals surface area contributed by atoms with Crippen LogP contribution in [0.25, 0.3) is 0 Å². The highest BCUT2D eigenvalue weighted by molar-refractivity contribution is 6.33. The van der Waals surface area contributed by atoms with Crippen LogP contribution in [0, 0.1) is 10.1 Å². The molecule has 0 saturated heterocycles. The van der Waals surface area contributed by atoms with Gasteiger partial charge >= 0.3 is 5.97 Å². The van der Waals surface area contributed by atoms with Crippen molar-refractivity contribution >= 4 is 34.6 Å². The van der Waals surface area contributed by atoms with Crippen LogP contribution in [0.2, 0.25) is 5.02 Å². The Morgan fingerprint density at radius 1 is 1.21 bits per heavy atom. The second kappa shape index (κ2) is 6.88. The van der Waals surface area contributed by atoms with Crippen LogP contribution in [0.3, 0.4) is 0 Å². The molecule has 24 heavy (non-hydrogen) atoms. The topological polar surface area (TPSA) is 81.5 Å². The zero-order valence-corrected chi connectivity index (χ0v) is 14.3. The van der Waals surface area contributed by atoms with Crippen molar-refractivity contribution in [1.82, 2.24) is 0 Å². The van der Waals surface area contributed by atoms with Crippen molar-refractivity contribution in [3.8, 4) is 0 Å². The fraction of sp³-hybridized carbons (Fsp3) is 0.235. The first-order valence-electron chi connectivity index (χ1n) is 7.21. The van der Waals surface area contributed by atoms with E-state index in [0.717, 1.165) is 0 Å². The Morgan fingerprint density at radius 2 is 1.88 bits per heavy atom. The van der Waals surface area contributed by atoms with E-state index in [2.05, 4.69) is 5.32 Å². The lowest BCUT2D eigenvalue weighted by Gasteiger charge is -2.20. The summed E-state index contributed by atoms with van der Waals surface area (Å²) in [5.41, 5.74) is 0.428. The largest absolute Gasteiger partial charge is 0.456 e. The number of esters is 1. The fourth-order valence-corrected chi connectivity index (χ4v) is 2.24. The van der Waals surface area contributed by atoms with Crippen molar-refractivity contribution in [3.63, 3.8) is 0 Å². The number of carbonyl (C=O) groups excluding carboxylic acids is 1. The summed E-state index contributed by atoms with van der Waals surface area (Å²) < 4.78 is 5.28. The van der Waals surface area contributed by atoms with E-state index in [9.17, 15) is 14.9 Å². The SMILES string of the molecule is CC(C)(C)OC(=O)c1ccc(Nc2ccccc2[N+](=O)[O-])cc1Cl. The lowest BCUT2D eigenvalue weighted by Crippen LogP contribution is -2.24. The van der Waals surface area contributed by atoms with Crippen molar-refractivity contribution in [1.29, 1.82) is 0 Å². The quantitative estimate of drug-likeness (QED) is 0.480. The molecule has 2 aromatic carbocycles. The first-order chi connectivity index (χ1) is 11.2. The van der Waals surface area contributed by atoms with Gasteiger partial charge in [-0.3, -0.25) is 10.1 Å². The number of nitro benzene ring substituents is 1. The molecule has 0 fully saturated rings. The van der Waals surface area contributed by atoms with E-state index >= 15 is 0 Å². The number of ether oxygens (including phenoxy) is 1. The maximum absolute atomic E-state index is 12.1. The van der Waals surface area contributed by atoms with Gasteiger partial charge in [-0.15, -0.1) is 0 Å². The van der Waals surface area contributed by atoms with Crippen molar-refractivity contribution < 1.29 is 14.5 Å². The lowest BCUT2D eigenvalue weighted by molar-refractivity contribution is -0.383. The predicted octanol–water partition coefficient (Wildman–Crippen LogP) is 4.95. The monoisotopic (exact) mass is 348 g/mol. The number of nitrogens with one attached hydrogen (secondary N) is 1. The molecular weight excluding hydrogens is 332 g/mol. The van der Waals surface area contributed by atoms with Crippen LogP contribution in [0.1, 0.15) is 31.1 Å². The summed E-state index contributed by atoms with van der Waals surface area (Å²) in [5, 5.41) is 14.2. The highest BCUT2D eigenvalue weighted by atomic mass is 35.5. The van der Waals surface area contributed by atoms with E-state index < -0.39 is 16.5 Å². The van der Waals surface area contributed by atoms with Crippen LogP contribution >= 0.6 is 11.6 Å². The Morgan fingerprint density at radius 3 is 2.46 bits per heavy atom. The molecule has 0 aromatic heterocycles. The standard InChI is InChI=1S/C17H17ClN2O4/c1-17(2,3)24-16(21)12-9-8-11(10-13(12)18)19-14-6-4-5-7-15(14)20(22)23/h4-10,19H,1-3H3. The van der Waals surface area contributed by atoms with Gasteiger partial charge in [-0.05, 0) is 45.0 Å². The maximum atomic E-state index is 12.1. The van der Waals surface area contributed by atoms with Crippen LogP contribution in [-0.2, 0) is 4.74 Å². The van der Waals surface area contributed by atoms with Gasteiger partial charge in [-0.2, -0.15) is 0 Å². The van der Waals surface area contributed by atoms with Crippen molar-refractivity contribution in [2.75, 3.05) is 5.32 Å². The molecule has 0 aliphatic rings. The van der Waals surface area contributed by atoms with Crippen LogP contribution < -0.4 is 5.32 Å². The maximum Gasteiger partial charge on any atom is 0.340 e. The van der Waals surface area contributed by atoms with Crippen LogP contribution in [0.5, 0.6) is 0 Å². The second-order valence-electron chi connectivity index (χ2n) is 6.10. The predicted molar refractivity (Wildman–Crippen MR) is 93.0 cm³/mol. The van der Waals surface area contributed by atoms with Crippen molar-refractivity contribution in [2.24, 2.45) is 0 Å². The minimum Gasteiger partial charge on any atom is -0.456 e. The van der Waals surface area contributed by atoms with Gasteiger partial charge in [0.15, 0.2) is 0 Å². The molecule has 2 aromatic rings. The van der Waals surface area contributed by atoms with E-state index in [1.807, 2.05) is 0 Å². The van der Waals surface area contributed by atoms with Crippen LogP contribution in [-0.4, -0.2) is 16.5 Å². The molecular formula is C17H17ClN2O4. The summed E-state index contributed by atoms with van der Waals surface area (Å²) in [4.78, 5) is 22.6. The molecule has 0 heterocycles. The molecule has 0 bridgehead atoms. The van der Waals surface area contributed by atoms with Crippen LogP contribution in [0.15, 0.2) is 42.5 Å². The van der Waals surface area contributed by atoms with Gasteiger partial charge in [0.1, 0.15) is 11.3 Å². The Bertz CT molecular complexity index is 784. The number of nitro groups is 1. The van der Waals surface area contributed by atoms with Crippen LogP contribution in [0.4, 0.5) is 17.1 Å². The summed E-state index contributed by atoms with van der Waals surface area (Å²) in [6.07, 6.45) is 0. The molecule has 0 saturated carbocycles. The highest BCUT2D eigenvalue weighted by Gasteiger charge is 2.20. The minimum atomic E-state index is -0.623. The van der Waals surface area contributed by atoms with Gasteiger partial charge in [0.05, 0.1) is 15.5 Å². The average molecular weight is 349 g/mol. The first kappa shape index (κ1) is 17.7. The molecule has 6 nitrogen and oxygen atoms in total. The van der Waals surface area contributed by atoms with Crippen molar-refractivity contribution in [3.05, 3.63) is 63.2 Å². The zero-order chi connectivity index (χ0) is 17.9. The van der Waals surface area contributed by atoms with E-state index in [1.54, 1.807) is 45.0 Å².